The maximum atomic E-state index is 10.6. The second-order valence-electron chi connectivity index (χ2n) is 3.57. The van der Waals surface area contributed by atoms with E-state index in [1.165, 1.54) is 0 Å². The van der Waals surface area contributed by atoms with Gasteiger partial charge in [-0.3, -0.25) is 19.5 Å². The first kappa shape index (κ1) is 16.1. The summed E-state index contributed by atoms with van der Waals surface area (Å²) in [7, 11) is 0. The van der Waals surface area contributed by atoms with Crippen LogP contribution >= 0.6 is 0 Å². The minimum atomic E-state index is -0.801. The Morgan fingerprint density at radius 2 is 2.11 bits per heavy atom. The van der Waals surface area contributed by atoms with Crippen LogP contribution in [-0.4, -0.2) is 45.6 Å². The Bertz CT molecular complexity index is 382. The van der Waals surface area contributed by atoms with Crippen LogP contribution in [0.1, 0.15) is 18.3 Å². The molecule has 0 amide bonds. The molecule has 18 heavy (non-hydrogen) atoms. The van der Waals surface area contributed by atoms with Crippen LogP contribution in [0.3, 0.4) is 0 Å². The third kappa shape index (κ3) is 7.34. The molecule has 0 saturated carbocycles. The van der Waals surface area contributed by atoms with Crippen LogP contribution in [0.5, 0.6) is 0 Å². The third-order valence-corrected chi connectivity index (χ3v) is 2.14. The number of rotatable bonds is 5. The highest BCUT2D eigenvalue weighted by molar-refractivity contribution is 5.69. The summed E-state index contributed by atoms with van der Waals surface area (Å²) in [5.41, 5.74) is 1.87. The molecule has 1 aromatic rings. The standard InChI is InChI=1S/C11H16N2O2.CH2O2/c1-3-13(8-11(14)15)7-10-6-4-5-9(2)12-10;2-1-3/h4-6H,3,7-8H2,1-2H3,(H,14,15);1H,(H,2,3). The lowest BCUT2D eigenvalue weighted by Crippen LogP contribution is -2.29. The lowest BCUT2D eigenvalue weighted by atomic mass is 10.3. The topological polar surface area (TPSA) is 90.7 Å². The SMILES string of the molecule is CCN(CC(=O)O)Cc1cccc(C)n1.O=CO. The van der Waals surface area contributed by atoms with Gasteiger partial charge >= 0.3 is 5.97 Å². The number of pyridine rings is 1. The average Bonchev–Trinajstić information content (AvgIpc) is 2.28. The molecular formula is C12H18N2O4. The number of carboxylic acid groups (broad SMARTS) is 2. The maximum Gasteiger partial charge on any atom is 0.317 e. The van der Waals surface area contributed by atoms with Crippen molar-refractivity contribution in [2.75, 3.05) is 13.1 Å². The van der Waals surface area contributed by atoms with Crippen molar-refractivity contribution in [3.05, 3.63) is 29.6 Å². The van der Waals surface area contributed by atoms with E-state index in [4.69, 9.17) is 15.0 Å². The van der Waals surface area contributed by atoms with Gasteiger partial charge in [0.05, 0.1) is 12.2 Å². The fraction of sp³-hybridized carbons (Fsp3) is 0.417. The maximum absolute atomic E-state index is 10.6. The molecule has 2 N–H and O–H groups in total. The number of nitrogens with zero attached hydrogens (tertiary/aromatic N) is 2. The van der Waals surface area contributed by atoms with Gasteiger partial charge in [0.15, 0.2) is 0 Å². The highest BCUT2D eigenvalue weighted by Gasteiger charge is 2.08. The monoisotopic (exact) mass is 254 g/mol. The van der Waals surface area contributed by atoms with Gasteiger partial charge in [0, 0.05) is 12.2 Å². The normalized spacial score (nSPS) is 9.50. The second kappa shape index (κ2) is 9.12. The molecule has 0 aliphatic carbocycles. The first-order valence-electron chi connectivity index (χ1n) is 5.48. The zero-order chi connectivity index (χ0) is 14.0. The van der Waals surface area contributed by atoms with Crippen molar-refractivity contribution in [2.45, 2.75) is 20.4 Å². The van der Waals surface area contributed by atoms with Crippen molar-refractivity contribution < 1.29 is 19.8 Å². The number of likely N-dealkylation sites (N-methyl/N-ethyl adjacent to an activating group) is 1. The largest absolute Gasteiger partial charge is 0.483 e. The first-order chi connectivity index (χ1) is 8.53. The van der Waals surface area contributed by atoms with Gasteiger partial charge in [0.1, 0.15) is 0 Å². The fourth-order valence-corrected chi connectivity index (χ4v) is 1.39. The molecule has 0 bridgehead atoms. The number of carboxylic acids is 1. The summed E-state index contributed by atoms with van der Waals surface area (Å²) in [6, 6.07) is 5.78. The Hall–Kier alpha value is -1.95. The van der Waals surface area contributed by atoms with Crippen LogP contribution < -0.4 is 0 Å². The zero-order valence-electron chi connectivity index (χ0n) is 10.5. The van der Waals surface area contributed by atoms with E-state index in [1.54, 1.807) is 0 Å². The van der Waals surface area contributed by atoms with E-state index in [0.717, 1.165) is 11.4 Å². The number of hydrogen-bond donors (Lipinski definition) is 2. The fourth-order valence-electron chi connectivity index (χ4n) is 1.39. The molecule has 0 aromatic carbocycles. The van der Waals surface area contributed by atoms with E-state index in [2.05, 4.69) is 4.98 Å². The van der Waals surface area contributed by atoms with Crippen LogP contribution in [0.4, 0.5) is 0 Å². The van der Waals surface area contributed by atoms with Crippen LogP contribution in [0.15, 0.2) is 18.2 Å². The van der Waals surface area contributed by atoms with Crippen LogP contribution in [0.2, 0.25) is 0 Å². The van der Waals surface area contributed by atoms with Gasteiger partial charge in [0.25, 0.3) is 6.47 Å². The van der Waals surface area contributed by atoms with Crippen molar-refractivity contribution in [3.8, 4) is 0 Å². The molecule has 1 heterocycles. The first-order valence-corrected chi connectivity index (χ1v) is 5.48. The number of carbonyl (C=O) groups is 2. The Morgan fingerprint density at radius 3 is 2.56 bits per heavy atom. The minimum Gasteiger partial charge on any atom is -0.483 e. The van der Waals surface area contributed by atoms with Gasteiger partial charge in [-0.25, -0.2) is 0 Å². The summed E-state index contributed by atoms with van der Waals surface area (Å²) < 4.78 is 0. The van der Waals surface area contributed by atoms with Gasteiger partial charge in [-0.1, -0.05) is 13.0 Å². The van der Waals surface area contributed by atoms with E-state index in [-0.39, 0.29) is 13.0 Å². The quantitative estimate of drug-likeness (QED) is 0.762. The molecule has 6 heteroatoms. The third-order valence-electron chi connectivity index (χ3n) is 2.14. The van der Waals surface area contributed by atoms with Gasteiger partial charge in [-0.2, -0.15) is 0 Å². The molecule has 0 saturated heterocycles. The highest BCUT2D eigenvalue weighted by Crippen LogP contribution is 2.02. The van der Waals surface area contributed by atoms with Gasteiger partial charge in [-0.15, -0.1) is 0 Å². The molecule has 100 valence electrons. The van der Waals surface area contributed by atoms with Crippen LogP contribution in [-0.2, 0) is 16.1 Å². The zero-order valence-corrected chi connectivity index (χ0v) is 10.5. The lowest BCUT2D eigenvalue weighted by molar-refractivity contribution is -0.138. The molecule has 0 aliphatic rings. The predicted molar refractivity (Wildman–Crippen MR) is 66.3 cm³/mol. The van der Waals surface area contributed by atoms with E-state index in [1.807, 2.05) is 36.9 Å². The summed E-state index contributed by atoms with van der Waals surface area (Å²) in [4.78, 5) is 25.1. The Kier molecular flexibility index (Phi) is 8.13. The van der Waals surface area contributed by atoms with Crippen molar-refractivity contribution in [3.63, 3.8) is 0 Å². The summed E-state index contributed by atoms with van der Waals surface area (Å²) >= 11 is 0. The summed E-state index contributed by atoms with van der Waals surface area (Å²) in [6.45, 7) is 4.98. The molecule has 0 unspecified atom stereocenters. The van der Waals surface area contributed by atoms with Gasteiger partial charge in [0.2, 0.25) is 0 Å². The predicted octanol–water partition coefficient (Wildman–Crippen LogP) is 0.997. The molecule has 1 aromatic heterocycles. The number of aliphatic carboxylic acids is 1. The Balaban J connectivity index is 0.000000873. The summed E-state index contributed by atoms with van der Waals surface area (Å²) in [6.07, 6.45) is 0. The summed E-state index contributed by atoms with van der Waals surface area (Å²) in [5.74, 6) is -0.801. The molecular weight excluding hydrogens is 236 g/mol. The molecule has 6 nitrogen and oxygen atoms in total. The molecule has 0 aliphatic heterocycles. The van der Waals surface area contributed by atoms with Crippen molar-refractivity contribution >= 4 is 12.4 Å². The Morgan fingerprint density at radius 1 is 1.50 bits per heavy atom. The van der Waals surface area contributed by atoms with Crippen LogP contribution in [0.25, 0.3) is 0 Å². The van der Waals surface area contributed by atoms with E-state index < -0.39 is 5.97 Å². The summed E-state index contributed by atoms with van der Waals surface area (Å²) in [5, 5.41) is 15.6. The van der Waals surface area contributed by atoms with E-state index in [0.29, 0.717) is 13.1 Å². The number of hydrogen-bond acceptors (Lipinski definition) is 4. The van der Waals surface area contributed by atoms with E-state index >= 15 is 0 Å². The number of aromatic nitrogens is 1. The number of aryl methyl sites for hydroxylation is 1. The van der Waals surface area contributed by atoms with Crippen molar-refractivity contribution in [2.24, 2.45) is 0 Å². The van der Waals surface area contributed by atoms with Gasteiger partial charge < -0.3 is 10.2 Å². The van der Waals surface area contributed by atoms with Crippen molar-refractivity contribution in [1.82, 2.24) is 9.88 Å². The van der Waals surface area contributed by atoms with Gasteiger partial charge in [-0.05, 0) is 25.6 Å². The average molecular weight is 254 g/mol. The smallest absolute Gasteiger partial charge is 0.317 e. The minimum absolute atomic E-state index is 0.0616. The molecule has 0 radical (unpaired) electrons. The molecule has 0 atom stereocenters. The molecule has 0 spiro atoms. The van der Waals surface area contributed by atoms with Crippen LogP contribution in [0, 0.1) is 6.92 Å². The van der Waals surface area contributed by atoms with Crippen molar-refractivity contribution in [1.29, 1.82) is 0 Å². The second-order valence-corrected chi connectivity index (χ2v) is 3.57. The Labute approximate surface area is 106 Å². The molecule has 1 rings (SSSR count). The highest BCUT2D eigenvalue weighted by atomic mass is 16.4. The lowest BCUT2D eigenvalue weighted by Gasteiger charge is -2.17. The molecule has 0 fully saturated rings. The van der Waals surface area contributed by atoms with E-state index in [9.17, 15) is 4.79 Å².